The molecule has 1 aliphatic rings. The Bertz CT molecular complexity index is 1210. The van der Waals surface area contributed by atoms with Crippen LogP contribution in [0.25, 0.3) is 5.57 Å². The first-order chi connectivity index (χ1) is 17.4. The van der Waals surface area contributed by atoms with Crippen molar-refractivity contribution in [1.82, 2.24) is 14.7 Å². The van der Waals surface area contributed by atoms with Crippen molar-refractivity contribution in [3.8, 4) is 5.75 Å². The smallest absolute Gasteiger partial charge is 0.254 e. The van der Waals surface area contributed by atoms with E-state index in [1.54, 1.807) is 41.0 Å². The second-order valence-corrected chi connectivity index (χ2v) is 9.27. The molecule has 2 amide bonds. The van der Waals surface area contributed by atoms with Gasteiger partial charge in [-0.3, -0.25) is 14.3 Å². The topological polar surface area (TPSA) is 67.7 Å². The highest BCUT2D eigenvalue weighted by Gasteiger charge is 2.24. The minimum Gasteiger partial charge on any atom is -0.492 e. The molecule has 1 heterocycles. The summed E-state index contributed by atoms with van der Waals surface area (Å²) in [5, 5.41) is 4.33. The third-order valence-electron chi connectivity index (χ3n) is 6.60. The molecule has 7 nitrogen and oxygen atoms in total. The van der Waals surface area contributed by atoms with Gasteiger partial charge in [0.05, 0.1) is 18.4 Å². The van der Waals surface area contributed by atoms with E-state index in [9.17, 15) is 9.59 Å². The lowest BCUT2D eigenvalue weighted by molar-refractivity contribution is -0.131. The Morgan fingerprint density at radius 1 is 1.00 bits per heavy atom. The second kappa shape index (κ2) is 11.7. The first-order valence-electron chi connectivity index (χ1n) is 12.4. The van der Waals surface area contributed by atoms with Gasteiger partial charge >= 0.3 is 0 Å². The predicted octanol–water partition coefficient (Wildman–Crippen LogP) is 4.72. The van der Waals surface area contributed by atoms with Crippen molar-refractivity contribution in [3.63, 3.8) is 0 Å². The Hall–Kier alpha value is -3.87. The van der Waals surface area contributed by atoms with Gasteiger partial charge < -0.3 is 14.5 Å². The van der Waals surface area contributed by atoms with Gasteiger partial charge in [-0.25, -0.2) is 0 Å². The number of nitrogens with zero attached hydrogens (tertiary/aromatic N) is 4. The molecule has 1 aliphatic carbocycles. The Labute approximate surface area is 213 Å². The van der Waals surface area contributed by atoms with E-state index in [0.717, 1.165) is 48.1 Å². The number of rotatable bonds is 9. The highest BCUT2D eigenvalue weighted by molar-refractivity contribution is 6.10. The van der Waals surface area contributed by atoms with Gasteiger partial charge in [-0.15, -0.1) is 0 Å². The highest BCUT2D eigenvalue weighted by Crippen LogP contribution is 2.33. The fraction of sp³-hybridized carbons (Fsp3) is 0.345. The van der Waals surface area contributed by atoms with Gasteiger partial charge in [-0.05, 0) is 55.9 Å². The van der Waals surface area contributed by atoms with Crippen molar-refractivity contribution in [2.45, 2.75) is 39.2 Å². The minimum atomic E-state index is -0.0764. The number of aromatic nitrogens is 2. The number of anilines is 1. The molecule has 0 saturated carbocycles. The van der Waals surface area contributed by atoms with Gasteiger partial charge in [-0.2, -0.15) is 5.10 Å². The monoisotopic (exact) mass is 486 g/mol. The van der Waals surface area contributed by atoms with Crippen molar-refractivity contribution in [3.05, 3.63) is 83.7 Å². The quantitative estimate of drug-likeness (QED) is 0.439. The van der Waals surface area contributed by atoms with Gasteiger partial charge in [0.2, 0.25) is 5.91 Å². The molecular weight excluding hydrogens is 452 g/mol. The maximum atomic E-state index is 13.4. The van der Waals surface area contributed by atoms with Crippen LogP contribution in [0.1, 0.15) is 36.8 Å². The third kappa shape index (κ3) is 6.22. The van der Waals surface area contributed by atoms with Crippen LogP contribution in [0.3, 0.4) is 0 Å². The first kappa shape index (κ1) is 25.2. The number of allylic oxidation sites excluding steroid dienone is 1. The number of carbonyl (C=O) groups excluding carboxylic acids is 2. The summed E-state index contributed by atoms with van der Waals surface area (Å²) in [5.74, 6) is 0.701. The summed E-state index contributed by atoms with van der Waals surface area (Å²) in [5.41, 5.74) is 4.96. The van der Waals surface area contributed by atoms with Crippen LogP contribution >= 0.6 is 0 Å². The summed E-state index contributed by atoms with van der Waals surface area (Å²) in [4.78, 5) is 29.4. The van der Waals surface area contributed by atoms with Crippen molar-refractivity contribution >= 4 is 23.1 Å². The number of benzene rings is 2. The van der Waals surface area contributed by atoms with Gasteiger partial charge in [0.15, 0.2) is 0 Å². The lowest BCUT2D eigenvalue weighted by Crippen LogP contribution is -2.33. The first-order valence-corrected chi connectivity index (χ1v) is 12.4. The van der Waals surface area contributed by atoms with E-state index >= 15 is 0 Å². The van der Waals surface area contributed by atoms with Crippen LogP contribution in [-0.4, -0.2) is 53.7 Å². The van der Waals surface area contributed by atoms with E-state index in [1.165, 1.54) is 5.56 Å². The molecule has 0 unspecified atom stereocenters. The largest absolute Gasteiger partial charge is 0.492 e. The summed E-state index contributed by atoms with van der Waals surface area (Å²) in [7, 11) is 3.52. The van der Waals surface area contributed by atoms with E-state index in [1.807, 2.05) is 49.4 Å². The molecule has 7 heteroatoms. The molecule has 0 spiro atoms. The highest BCUT2D eigenvalue weighted by atomic mass is 16.5. The normalized spacial score (nSPS) is 13.4. The molecule has 2 aromatic carbocycles. The molecule has 0 saturated heterocycles. The molecule has 3 aromatic rings. The molecular formula is C29H34N4O3. The standard InChI is InChI=1S/C29H34N4O3/c1-22-13-15-25(16-14-22)36-18-17-31(2)28(34)21-33-20-24(19-30-33)32(3)29(35)27-12-8-7-11-26(27)23-9-5-4-6-10-23/h4-6,9-10,13-16,19-20H,7-8,11-12,17-18,21H2,1-3H3. The molecule has 0 fully saturated rings. The zero-order chi connectivity index (χ0) is 25.5. The number of carbonyl (C=O) groups is 2. The summed E-state index contributed by atoms with van der Waals surface area (Å²) in [6, 6.07) is 18.0. The van der Waals surface area contributed by atoms with Gasteiger partial charge in [0.25, 0.3) is 5.91 Å². The summed E-state index contributed by atoms with van der Waals surface area (Å²) >= 11 is 0. The summed E-state index contributed by atoms with van der Waals surface area (Å²) in [6.45, 7) is 3.00. The van der Waals surface area contributed by atoms with E-state index in [2.05, 4.69) is 17.2 Å². The van der Waals surface area contributed by atoms with Gasteiger partial charge in [0.1, 0.15) is 18.9 Å². The number of aryl methyl sites for hydroxylation is 1. The number of ether oxygens (including phenoxy) is 1. The Morgan fingerprint density at radius 2 is 1.72 bits per heavy atom. The van der Waals surface area contributed by atoms with E-state index in [0.29, 0.717) is 18.8 Å². The molecule has 4 rings (SSSR count). The summed E-state index contributed by atoms with van der Waals surface area (Å²) < 4.78 is 7.30. The van der Waals surface area contributed by atoms with Crippen LogP contribution in [0.5, 0.6) is 5.75 Å². The molecule has 188 valence electrons. The molecule has 36 heavy (non-hydrogen) atoms. The van der Waals surface area contributed by atoms with Gasteiger partial charge in [-0.1, -0.05) is 48.0 Å². The number of amides is 2. The molecule has 0 radical (unpaired) electrons. The molecule has 1 aromatic heterocycles. The zero-order valence-corrected chi connectivity index (χ0v) is 21.3. The van der Waals surface area contributed by atoms with Crippen LogP contribution in [-0.2, 0) is 16.1 Å². The fourth-order valence-electron chi connectivity index (χ4n) is 4.35. The average Bonchev–Trinajstić information content (AvgIpc) is 3.37. The van der Waals surface area contributed by atoms with Crippen LogP contribution < -0.4 is 9.64 Å². The Morgan fingerprint density at radius 3 is 2.47 bits per heavy atom. The van der Waals surface area contributed by atoms with Crippen molar-refractivity contribution < 1.29 is 14.3 Å². The van der Waals surface area contributed by atoms with Crippen LogP contribution in [0.15, 0.2) is 72.6 Å². The van der Waals surface area contributed by atoms with Crippen molar-refractivity contribution in [2.24, 2.45) is 0 Å². The zero-order valence-electron chi connectivity index (χ0n) is 21.3. The average molecular weight is 487 g/mol. The van der Waals surface area contributed by atoms with Gasteiger partial charge in [0, 0.05) is 25.9 Å². The van der Waals surface area contributed by atoms with Crippen molar-refractivity contribution in [1.29, 1.82) is 0 Å². The molecule has 0 aliphatic heterocycles. The number of hydrogen-bond donors (Lipinski definition) is 0. The van der Waals surface area contributed by atoms with E-state index in [-0.39, 0.29) is 18.4 Å². The molecule has 0 atom stereocenters. The van der Waals surface area contributed by atoms with E-state index in [4.69, 9.17) is 4.74 Å². The lowest BCUT2D eigenvalue weighted by atomic mass is 9.86. The van der Waals surface area contributed by atoms with Crippen LogP contribution in [0.2, 0.25) is 0 Å². The van der Waals surface area contributed by atoms with Crippen LogP contribution in [0, 0.1) is 6.92 Å². The summed E-state index contributed by atoms with van der Waals surface area (Å²) in [6.07, 6.45) is 7.17. The minimum absolute atomic E-state index is 0.00944. The Balaban J connectivity index is 1.35. The Kier molecular flexibility index (Phi) is 8.21. The number of likely N-dealkylation sites (N-methyl/N-ethyl adjacent to an activating group) is 2. The molecule has 0 bridgehead atoms. The molecule has 0 N–H and O–H groups in total. The lowest BCUT2D eigenvalue weighted by Gasteiger charge is -2.24. The van der Waals surface area contributed by atoms with E-state index < -0.39 is 0 Å². The maximum absolute atomic E-state index is 13.4. The maximum Gasteiger partial charge on any atom is 0.254 e. The second-order valence-electron chi connectivity index (χ2n) is 9.27. The SMILES string of the molecule is Cc1ccc(OCCN(C)C(=O)Cn2cc(N(C)C(=O)C3=C(c4ccccc4)CCCC3)cn2)cc1. The fourth-order valence-corrected chi connectivity index (χ4v) is 4.35. The number of hydrogen-bond acceptors (Lipinski definition) is 4. The predicted molar refractivity (Wildman–Crippen MR) is 142 cm³/mol. The third-order valence-corrected chi connectivity index (χ3v) is 6.60. The van der Waals surface area contributed by atoms with Crippen LogP contribution in [0.4, 0.5) is 5.69 Å². The van der Waals surface area contributed by atoms with Crippen molar-refractivity contribution in [2.75, 3.05) is 32.1 Å².